The quantitative estimate of drug-likeness (QED) is 0.0968. The average Bonchev–Trinajstić information content (AvgIpc) is 3.04. The van der Waals surface area contributed by atoms with Crippen LogP contribution in [-0.4, -0.2) is 30.3 Å². The number of methoxy groups -OCH3 is 1. The third kappa shape index (κ3) is 9.09. The summed E-state index contributed by atoms with van der Waals surface area (Å²) in [5.74, 6) is 0.389. The first-order chi connectivity index (χ1) is 21.9. The summed E-state index contributed by atoms with van der Waals surface area (Å²) in [5.41, 5.74) is 0.783. The van der Waals surface area contributed by atoms with Crippen LogP contribution in [0.5, 0.6) is 5.75 Å². The maximum Gasteiger partial charge on any atom is 0.376 e. The highest BCUT2D eigenvalue weighted by Crippen LogP contribution is 2.65. The van der Waals surface area contributed by atoms with E-state index in [4.69, 9.17) is 18.5 Å². The molecule has 1 heterocycles. The van der Waals surface area contributed by atoms with Gasteiger partial charge in [0.25, 0.3) is 0 Å². The maximum atomic E-state index is 15.5. The first kappa shape index (κ1) is 35.9. The van der Waals surface area contributed by atoms with Gasteiger partial charge in [-0.05, 0) is 104 Å². The molecule has 2 fully saturated rings. The lowest BCUT2D eigenvalue weighted by atomic mass is 9.76. The minimum Gasteiger partial charge on any atom is -0.497 e. The molecule has 46 heavy (non-hydrogen) atoms. The van der Waals surface area contributed by atoms with Crippen LogP contribution in [0.4, 0.5) is 0 Å². The Bertz CT molecular complexity index is 1370. The normalized spacial score (nSPS) is 27.4. The van der Waals surface area contributed by atoms with Crippen LogP contribution in [0.15, 0.2) is 54.4 Å². The number of hydrogen-bond donors (Lipinski definition) is 0. The minimum atomic E-state index is -4.21. The van der Waals surface area contributed by atoms with E-state index in [-0.39, 0.29) is 29.6 Å². The number of benzene rings is 1. The zero-order valence-corrected chi connectivity index (χ0v) is 29.3. The maximum absolute atomic E-state index is 15.5. The summed E-state index contributed by atoms with van der Waals surface area (Å²) in [6, 6.07) is 12.4. The van der Waals surface area contributed by atoms with Gasteiger partial charge in [-0.1, -0.05) is 59.7 Å². The van der Waals surface area contributed by atoms with E-state index < -0.39 is 19.4 Å². The van der Waals surface area contributed by atoms with Crippen LogP contribution in [0, 0.1) is 46.8 Å². The van der Waals surface area contributed by atoms with E-state index in [1.165, 1.54) is 12.3 Å². The number of pyridine rings is 1. The van der Waals surface area contributed by atoms with Gasteiger partial charge in [0, 0.05) is 18.0 Å². The number of rotatable bonds is 12. The molecule has 0 aliphatic heterocycles. The molecule has 250 valence electrons. The topological polar surface area (TPSA) is 108 Å². The van der Waals surface area contributed by atoms with E-state index in [2.05, 4.69) is 46.5 Å². The summed E-state index contributed by atoms with van der Waals surface area (Å²) in [6.45, 7) is 13.1. The fourth-order valence-electron chi connectivity index (χ4n) is 6.65. The number of aromatic nitrogens is 1. The molecule has 9 heteroatoms. The molecule has 2 saturated carbocycles. The number of nitriles is 1. The van der Waals surface area contributed by atoms with Crippen LogP contribution in [-0.2, 0) is 23.1 Å². The number of hydrogen-bond acceptors (Lipinski definition) is 8. The fourth-order valence-corrected chi connectivity index (χ4v) is 9.00. The Labute approximate surface area is 275 Å². The number of carbonyl (C=O) groups excluding carboxylic acids is 1. The van der Waals surface area contributed by atoms with Crippen molar-refractivity contribution in [3.63, 3.8) is 0 Å². The van der Waals surface area contributed by atoms with Crippen LogP contribution in [0.1, 0.15) is 97.0 Å². The summed E-state index contributed by atoms with van der Waals surface area (Å²) < 4.78 is 40.2. The van der Waals surface area contributed by atoms with Crippen molar-refractivity contribution in [2.24, 2.45) is 35.5 Å². The summed E-state index contributed by atoms with van der Waals surface area (Å²) in [6.07, 6.45) is 9.46. The van der Waals surface area contributed by atoms with Crippen molar-refractivity contribution in [2.45, 2.75) is 98.1 Å². The lowest BCUT2D eigenvalue weighted by molar-refractivity contribution is -0.142. The average molecular weight is 651 g/mol. The lowest BCUT2D eigenvalue weighted by Gasteiger charge is -2.42. The van der Waals surface area contributed by atoms with Gasteiger partial charge in [0.15, 0.2) is 0 Å². The van der Waals surface area contributed by atoms with Gasteiger partial charge >= 0.3 is 13.6 Å². The van der Waals surface area contributed by atoms with E-state index in [1.807, 2.05) is 6.07 Å². The summed E-state index contributed by atoms with van der Waals surface area (Å²) in [7, 11) is -2.64. The summed E-state index contributed by atoms with van der Waals surface area (Å²) in [5, 5.41) is 10.0. The molecule has 0 bridgehead atoms. The van der Waals surface area contributed by atoms with Crippen LogP contribution in [0.25, 0.3) is 6.08 Å². The smallest absolute Gasteiger partial charge is 0.376 e. The van der Waals surface area contributed by atoms with Crippen LogP contribution < -0.4 is 4.74 Å². The summed E-state index contributed by atoms with van der Waals surface area (Å²) >= 11 is 0. The highest BCUT2D eigenvalue weighted by Gasteiger charge is 2.48. The van der Waals surface area contributed by atoms with Crippen molar-refractivity contribution in [3.05, 3.63) is 65.5 Å². The zero-order valence-electron chi connectivity index (χ0n) is 28.4. The van der Waals surface area contributed by atoms with Crippen LogP contribution >= 0.6 is 7.60 Å². The summed E-state index contributed by atoms with van der Waals surface area (Å²) in [4.78, 5) is 18.0. The van der Waals surface area contributed by atoms with Crippen molar-refractivity contribution in [1.82, 2.24) is 4.98 Å². The van der Waals surface area contributed by atoms with E-state index in [0.29, 0.717) is 40.5 Å². The van der Waals surface area contributed by atoms with Gasteiger partial charge in [0.05, 0.1) is 19.3 Å². The van der Waals surface area contributed by atoms with E-state index in [0.717, 1.165) is 38.5 Å². The van der Waals surface area contributed by atoms with Gasteiger partial charge in [-0.2, -0.15) is 5.26 Å². The Kier molecular flexibility index (Phi) is 12.6. The van der Waals surface area contributed by atoms with Gasteiger partial charge < -0.3 is 18.5 Å². The molecule has 2 aromatic rings. The molecule has 0 N–H and O–H groups in total. The molecule has 4 rings (SSSR count). The molecule has 8 nitrogen and oxygen atoms in total. The second-order valence-electron chi connectivity index (χ2n) is 13.9. The van der Waals surface area contributed by atoms with E-state index >= 15 is 4.57 Å². The van der Waals surface area contributed by atoms with Gasteiger partial charge in [-0.3, -0.25) is 9.55 Å². The Balaban J connectivity index is 1.74. The standard InChI is InChI=1S/C37H51N2O6P/c1-24(2)29-14-10-26(5)34(20-29)44-46(41,45-35-21-30(25(3)4)15-11-27(35)6)37(31-9-8-18-39-23-31)43-36(40)32(22-38)19-28-12-16-33(42-7)17-13-28/h8-9,12-13,16-19,23-27,29-30,34-35,37H,10-11,14-15,20-21H2,1-7H3/b32-19+/t26-,27-,29-,30+,34+,35+,37-,46?/m0/s1. The molecule has 2 aliphatic rings. The number of esters is 1. The Morgan fingerprint density at radius 2 is 1.50 bits per heavy atom. The van der Waals surface area contributed by atoms with E-state index in [1.54, 1.807) is 49.7 Å². The highest BCUT2D eigenvalue weighted by molar-refractivity contribution is 7.54. The van der Waals surface area contributed by atoms with E-state index in [9.17, 15) is 10.1 Å². The van der Waals surface area contributed by atoms with Crippen LogP contribution in [0.3, 0.4) is 0 Å². The minimum absolute atomic E-state index is 0.147. The largest absolute Gasteiger partial charge is 0.497 e. The van der Waals surface area contributed by atoms with Gasteiger partial charge in [-0.15, -0.1) is 0 Å². The third-order valence-corrected chi connectivity index (χ3v) is 12.1. The SMILES string of the molecule is COc1ccc(/C=C(\C#N)C(=O)O[C@H](c2cccnc2)P(=O)(O[C@@H]2C[C@H](C(C)C)CC[C@@H]2C)O[C@@H]2C[C@@H](C(C)C)CC[C@@H]2C)cc1. The fraction of sp³-hybridized carbons (Fsp3) is 0.595. The van der Waals surface area contributed by atoms with Crippen molar-refractivity contribution < 1.29 is 27.9 Å². The predicted molar refractivity (Wildman–Crippen MR) is 180 cm³/mol. The van der Waals surface area contributed by atoms with Gasteiger partial charge in [0.2, 0.25) is 5.85 Å². The van der Waals surface area contributed by atoms with Gasteiger partial charge in [-0.25, -0.2) is 4.79 Å². The molecule has 2 aliphatic carbocycles. The first-order valence-corrected chi connectivity index (χ1v) is 18.4. The molecule has 0 radical (unpaired) electrons. The van der Waals surface area contributed by atoms with Gasteiger partial charge in [0.1, 0.15) is 17.4 Å². The van der Waals surface area contributed by atoms with Crippen molar-refractivity contribution in [1.29, 1.82) is 5.26 Å². The molecule has 1 aromatic heterocycles. The molecule has 0 saturated heterocycles. The Hall–Kier alpha value is -2.98. The Morgan fingerprint density at radius 3 is 1.96 bits per heavy atom. The molecule has 0 amide bonds. The first-order valence-electron chi connectivity index (χ1n) is 16.8. The molecular weight excluding hydrogens is 599 g/mol. The highest BCUT2D eigenvalue weighted by atomic mass is 31.2. The molecule has 0 spiro atoms. The molecule has 8 atom stereocenters. The van der Waals surface area contributed by atoms with Crippen molar-refractivity contribution >= 4 is 19.6 Å². The van der Waals surface area contributed by atoms with Crippen LogP contribution in [0.2, 0.25) is 0 Å². The van der Waals surface area contributed by atoms with Crippen molar-refractivity contribution in [3.8, 4) is 11.8 Å². The molecule has 1 aromatic carbocycles. The monoisotopic (exact) mass is 650 g/mol. The second kappa shape index (κ2) is 16.2. The third-order valence-electron chi connectivity index (χ3n) is 10.0. The van der Waals surface area contributed by atoms with Crippen molar-refractivity contribution in [2.75, 3.05) is 7.11 Å². The molecule has 1 unspecified atom stereocenters. The Morgan fingerprint density at radius 1 is 0.935 bits per heavy atom. The predicted octanol–water partition coefficient (Wildman–Crippen LogP) is 9.39. The lowest BCUT2D eigenvalue weighted by Crippen LogP contribution is -2.35. The zero-order chi connectivity index (χ0) is 33.4. The number of nitrogens with zero attached hydrogens (tertiary/aromatic N) is 2. The number of ether oxygens (including phenoxy) is 2. The second-order valence-corrected chi connectivity index (χ2v) is 15.9. The molecular formula is C37H51N2O6P. The number of carbonyl (C=O) groups is 1.